The molecule has 194 valence electrons. The number of methoxy groups -OCH3 is 1. The van der Waals surface area contributed by atoms with E-state index in [1.165, 1.54) is 31.4 Å². The van der Waals surface area contributed by atoms with Crippen LogP contribution in [0.1, 0.15) is 16.7 Å². The van der Waals surface area contributed by atoms with Crippen molar-refractivity contribution in [2.24, 2.45) is 0 Å². The first-order chi connectivity index (χ1) is 18.2. The summed E-state index contributed by atoms with van der Waals surface area (Å²) in [5, 5.41) is 13.5. The Labute approximate surface area is 222 Å². The number of anilines is 1. The van der Waals surface area contributed by atoms with Crippen LogP contribution in [0.3, 0.4) is 0 Å². The zero-order chi connectivity index (χ0) is 27.2. The lowest BCUT2D eigenvalue weighted by molar-refractivity contribution is -0.385. The Morgan fingerprint density at radius 2 is 1.87 bits per heavy atom. The predicted octanol–water partition coefficient (Wildman–Crippen LogP) is 5.17. The lowest BCUT2D eigenvalue weighted by Gasteiger charge is -2.13. The summed E-state index contributed by atoms with van der Waals surface area (Å²) >= 11 is 0.747. The van der Waals surface area contributed by atoms with Gasteiger partial charge in [0.15, 0.2) is 18.1 Å². The minimum Gasteiger partial charge on any atom is -0.493 e. The Kier molecular flexibility index (Phi) is 8.07. The summed E-state index contributed by atoms with van der Waals surface area (Å²) in [6, 6.07) is 18.2. The summed E-state index contributed by atoms with van der Waals surface area (Å²) in [7, 11) is 1.44. The summed E-state index contributed by atoms with van der Waals surface area (Å²) in [6.07, 6.45) is 1.53. The Morgan fingerprint density at radius 3 is 2.61 bits per heavy atom. The first-order valence-corrected chi connectivity index (χ1v) is 12.2. The monoisotopic (exact) mass is 533 g/mol. The molecule has 10 nitrogen and oxygen atoms in total. The first-order valence-electron chi connectivity index (χ1n) is 11.4. The van der Waals surface area contributed by atoms with Crippen LogP contribution in [0.5, 0.6) is 11.5 Å². The lowest BCUT2D eigenvalue weighted by atomic mass is 10.1. The number of amides is 3. The molecule has 3 aromatic rings. The summed E-state index contributed by atoms with van der Waals surface area (Å²) < 4.78 is 11.0. The van der Waals surface area contributed by atoms with Crippen LogP contribution in [0.4, 0.5) is 16.2 Å². The van der Waals surface area contributed by atoms with Crippen molar-refractivity contribution in [2.45, 2.75) is 13.5 Å². The summed E-state index contributed by atoms with van der Waals surface area (Å²) in [4.78, 5) is 49.6. The van der Waals surface area contributed by atoms with E-state index in [1.54, 1.807) is 30.3 Å². The van der Waals surface area contributed by atoms with E-state index in [0.717, 1.165) is 22.2 Å². The van der Waals surface area contributed by atoms with Crippen LogP contribution in [-0.2, 0) is 16.1 Å². The van der Waals surface area contributed by atoms with E-state index < -0.39 is 16.1 Å². The molecule has 38 heavy (non-hydrogen) atoms. The second-order valence-corrected chi connectivity index (χ2v) is 9.26. The molecule has 1 heterocycles. The minimum atomic E-state index is -0.551. The second kappa shape index (κ2) is 11.6. The summed E-state index contributed by atoms with van der Waals surface area (Å²) in [6.45, 7) is 1.47. The molecule has 1 aliphatic rings. The van der Waals surface area contributed by atoms with Gasteiger partial charge in [0.1, 0.15) is 0 Å². The van der Waals surface area contributed by atoms with Gasteiger partial charge in [0, 0.05) is 17.3 Å². The number of hydrogen-bond acceptors (Lipinski definition) is 8. The van der Waals surface area contributed by atoms with Crippen LogP contribution in [0.25, 0.3) is 6.08 Å². The third kappa shape index (κ3) is 6.19. The third-order valence-electron chi connectivity index (χ3n) is 5.54. The van der Waals surface area contributed by atoms with Crippen LogP contribution in [0, 0.1) is 17.0 Å². The minimum absolute atomic E-state index is 0.164. The molecule has 11 heteroatoms. The van der Waals surface area contributed by atoms with E-state index in [4.69, 9.17) is 9.47 Å². The molecule has 0 aliphatic carbocycles. The average molecular weight is 534 g/mol. The van der Waals surface area contributed by atoms with E-state index in [-0.39, 0.29) is 35.2 Å². The molecule has 0 aromatic heterocycles. The molecule has 0 radical (unpaired) electrons. The normalized spacial score (nSPS) is 14.1. The van der Waals surface area contributed by atoms with Gasteiger partial charge in [0.2, 0.25) is 0 Å². The first kappa shape index (κ1) is 26.4. The van der Waals surface area contributed by atoms with Crippen molar-refractivity contribution in [3.05, 3.63) is 98.4 Å². The fourth-order valence-electron chi connectivity index (χ4n) is 3.74. The molecular formula is C27H23N3O7S. The fraction of sp³-hybridized carbons (Fsp3) is 0.148. The van der Waals surface area contributed by atoms with E-state index in [2.05, 4.69) is 5.32 Å². The number of para-hydroxylation sites is 1. The van der Waals surface area contributed by atoms with Gasteiger partial charge in [-0.15, -0.1) is 0 Å². The van der Waals surface area contributed by atoms with Crippen LogP contribution in [0.2, 0.25) is 0 Å². The van der Waals surface area contributed by atoms with Gasteiger partial charge in [-0.05, 0) is 60.2 Å². The van der Waals surface area contributed by atoms with Crippen molar-refractivity contribution < 1.29 is 28.8 Å². The molecular weight excluding hydrogens is 510 g/mol. The topological polar surface area (TPSA) is 128 Å². The average Bonchev–Trinajstić information content (AvgIpc) is 3.15. The van der Waals surface area contributed by atoms with Gasteiger partial charge in [-0.1, -0.05) is 36.4 Å². The van der Waals surface area contributed by atoms with E-state index in [9.17, 15) is 24.5 Å². The standard InChI is InChI=1S/C27H23N3O7S/c1-17-6-5-8-20(12-17)28-25(31)16-37-22-11-10-18(13-23(22)36-2)14-24-26(32)29(27(33)38-24)15-19-7-3-4-9-21(19)30(34)35/h3-14H,15-16H2,1-2H3,(H,28,31)/b24-14+. The van der Waals surface area contributed by atoms with Crippen molar-refractivity contribution in [1.29, 1.82) is 0 Å². The predicted molar refractivity (Wildman–Crippen MR) is 143 cm³/mol. The van der Waals surface area contributed by atoms with Crippen molar-refractivity contribution in [1.82, 2.24) is 4.90 Å². The van der Waals surface area contributed by atoms with E-state index in [1.807, 2.05) is 25.1 Å². The number of benzene rings is 3. The van der Waals surface area contributed by atoms with Gasteiger partial charge in [-0.2, -0.15) is 0 Å². The molecule has 3 amide bonds. The number of aryl methyl sites for hydroxylation is 1. The number of carbonyl (C=O) groups is 3. The lowest BCUT2D eigenvalue weighted by Crippen LogP contribution is -2.27. The Bertz CT molecular complexity index is 1450. The molecule has 0 unspecified atom stereocenters. The number of nitrogens with zero attached hydrogens (tertiary/aromatic N) is 2. The Hall–Kier alpha value is -4.64. The SMILES string of the molecule is COc1cc(/C=C2/SC(=O)N(Cc3ccccc3[N+](=O)[O-])C2=O)ccc1OCC(=O)Nc1cccc(C)c1. The molecule has 0 atom stereocenters. The van der Waals surface area contributed by atoms with Crippen LogP contribution in [-0.4, -0.2) is 40.6 Å². The number of imide groups is 1. The van der Waals surface area contributed by atoms with Crippen molar-refractivity contribution >= 4 is 46.3 Å². The number of hydrogen-bond donors (Lipinski definition) is 1. The number of nitro benzene ring substituents is 1. The van der Waals surface area contributed by atoms with E-state index >= 15 is 0 Å². The van der Waals surface area contributed by atoms with Gasteiger partial charge < -0.3 is 14.8 Å². The smallest absolute Gasteiger partial charge is 0.293 e. The molecule has 0 saturated carbocycles. The van der Waals surface area contributed by atoms with Crippen molar-refractivity contribution in [2.75, 3.05) is 19.0 Å². The Morgan fingerprint density at radius 1 is 1.08 bits per heavy atom. The highest BCUT2D eigenvalue weighted by atomic mass is 32.2. The maximum Gasteiger partial charge on any atom is 0.293 e. The number of ether oxygens (including phenoxy) is 2. The fourth-order valence-corrected chi connectivity index (χ4v) is 4.58. The molecule has 0 spiro atoms. The molecule has 4 rings (SSSR count). The number of nitrogens with one attached hydrogen (secondary N) is 1. The van der Waals surface area contributed by atoms with E-state index in [0.29, 0.717) is 22.7 Å². The van der Waals surface area contributed by atoms with Gasteiger partial charge in [-0.25, -0.2) is 0 Å². The highest BCUT2D eigenvalue weighted by Gasteiger charge is 2.36. The molecule has 1 aliphatic heterocycles. The summed E-state index contributed by atoms with van der Waals surface area (Å²) in [5.41, 5.74) is 2.34. The largest absolute Gasteiger partial charge is 0.493 e. The maximum atomic E-state index is 12.9. The quantitative estimate of drug-likeness (QED) is 0.227. The number of thioether (sulfide) groups is 1. The summed E-state index contributed by atoms with van der Waals surface area (Å²) in [5.74, 6) is -0.228. The molecule has 1 fully saturated rings. The maximum absolute atomic E-state index is 12.9. The second-order valence-electron chi connectivity index (χ2n) is 8.27. The van der Waals surface area contributed by atoms with Gasteiger partial charge in [0.05, 0.1) is 23.5 Å². The van der Waals surface area contributed by atoms with Crippen LogP contribution in [0.15, 0.2) is 71.6 Å². The van der Waals surface area contributed by atoms with Gasteiger partial charge in [0.25, 0.3) is 22.7 Å². The Balaban J connectivity index is 1.44. The van der Waals surface area contributed by atoms with Gasteiger partial charge >= 0.3 is 0 Å². The van der Waals surface area contributed by atoms with Crippen molar-refractivity contribution in [3.8, 4) is 11.5 Å². The zero-order valence-corrected chi connectivity index (χ0v) is 21.3. The third-order valence-corrected chi connectivity index (χ3v) is 6.44. The van der Waals surface area contributed by atoms with Crippen molar-refractivity contribution in [3.63, 3.8) is 0 Å². The number of rotatable bonds is 9. The molecule has 1 saturated heterocycles. The van der Waals surface area contributed by atoms with Crippen LogP contribution < -0.4 is 14.8 Å². The zero-order valence-electron chi connectivity index (χ0n) is 20.5. The number of nitro groups is 1. The molecule has 3 aromatic carbocycles. The van der Waals surface area contributed by atoms with Gasteiger partial charge in [-0.3, -0.25) is 29.4 Å². The highest BCUT2D eigenvalue weighted by Crippen LogP contribution is 2.36. The highest BCUT2D eigenvalue weighted by molar-refractivity contribution is 8.18. The molecule has 0 bridgehead atoms. The number of carbonyl (C=O) groups excluding carboxylic acids is 3. The van der Waals surface area contributed by atoms with Crippen LogP contribution >= 0.6 is 11.8 Å². The molecule has 1 N–H and O–H groups in total.